The SMILES string of the molecule is COC(=O)c1c(NC(=O)C(C)(C)OC)sc2c1CCNC2. The van der Waals surface area contributed by atoms with Gasteiger partial charge in [0.2, 0.25) is 0 Å². The number of thiophene rings is 1. The Bertz CT molecular complexity index is 566. The molecule has 6 nitrogen and oxygen atoms in total. The summed E-state index contributed by atoms with van der Waals surface area (Å²) in [6.45, 7) is 4.86. The van der Waals surface area contributed by atoms with Gasteiger partial charge in [0.15, 0.2) is 0 Å². The maximum Gasteiger partial charge on any atom is 0.341 e. The first kappa shape index (κ1) is 15.9. The van der Waals surface area contributed by atoms with Gasteiger partial charge in [0.05, 0.1) is 12.7 Å². The van der Waals surface area contributed by atoms with Gasteiger partial charge in [0, 0.05) is 18.5 Å². The van der Waals surface area contributed by atoms with Crippen molar-refractivity contribution in [3.8, 4) is 0 Å². The predicted octanol–water partition coefficient (Wildman–Crippen LogP) is 1.54. The first-order valence-electron chi connectivity index (χ1n) is 6.71. The van der Waals surface area contributed by atoms with E-state index in [1.807, 2.05) is 0 Å². The predicted molar refractivity (Wildman–Crippen MR) is 80.8 cm³/mol. The summed E-state index contributed by atoms with van der Waals surface area (Å²) < 4.78 is 10.0. The van der Waals surface area contributed by atoms with Crippen molar-refractivity contribution in [3.05, 3.63) is 16.0 Å². The van der Waals surface area contributed by atoms with Crippen LogP contribution < -0.4 is 10.6 Å². The third-order valence-corrected chi connectivity index (χ3v) is 4.75. The Balaban J connectivity index is 2.37. The van der Waals surface area contributed by atoms with Crippen LogP contribution in [0.4, 0.5) is 5.00 Å². The topological polar surface area (TPSA) is 76.7 Å². The van der Waals surface area contributed by atoms with Crippen LogP contribution in [-0.2, 0) is 27.2 Å². The molecule has 0 aliphatic carbocycles. The normalized spacial score (nSPS) is 14.5. The maximum absolute atomic E-state index is 12.2. The lowest BCUT2D eigenvalue weighted by atomic mass is 10.0. The summed E-state index contributed by atoms with van der Waals surface area (Å²) >= 11 is 1.41. The average molecular weight is 312 g/mol. The molecule has 0 spiro atoms. The van der Waals surface area contributed by atoms with Crippen molar-refractivity contribution in [1.29, 1.82) is 0 Å². The van der Waals surface area contributed by atoms with Crippen LogP contribution in [0.1, 0.15) is 34.6 Å². The molecule has 1 amide bonds. The summed E-state index contributed by atoms with van der Waals surface area (Å²) in [6, 6.07) is 0. The first-order chi connectivity index (χ1) is 9.90. The summed E-state index contributed by atoms with van der Waals surface area (Å²) in [5.41, 5.74) is 0.478. The molecule has 1 aliphatic rings. The molecule has 0 atom stereocenters. The smallest absolute Gasteiger partial charge is 0.341 e. The second-order valence-corrected chi connectivity index (χ2v) is 6.40. The summed E-state index contributed by atoms with van der Waals surface area (Å²) in [6.07, 6.45) is 0.750. The van der Waals surface area contributed by atoms with Crippen molar-refractivity contribution in [3.63, 3.8) is 0 Å². The fourth-order valence-corrected chi connectivity index (χ4v) is 3.29. The minimum Gasteiger partial charge on any atom is -0.465 e. The van der Waals surface area contributed by atoms with Gasteiger partial charge in [-0.2, -0.15) is 0 Å². The zero-order valence-electron chi connectivity index (χ0n) is 12.7. The number of anilines is 1. The Hall–Kier alpha value is -1.44. The Morgan fingerprint density at radius 2 is 2.05 bits per heavy atom. The van der Waals surface area contributed by atoms with Crippen LogP contribution in [0.25, 0.3) is 0 Å². The fourth-order valence-electron chi connectivity index (χ4n) is 2.09. The van der Waals surface area contributed by atoms with E-state index in [1.165, 1.54) is 25.6 Å². The molecule has 1 aromatic heterocycles. The molecule has 0 fully saturated rings. The molecule has 2 N–H and O–H groups in total. The minimum atomic E-state index is -0.962. The number of hydrogen-bond acceptors (Lipinski definition) is 6. The Morgan fingerprint density at radius 3 is 2.67 bits per heavy atom. The lowest BCUT2D eigenvalue weighted by Crippen LogP contribution is -2.38. The fraction of sp³-hybridized carbons (Fsp3) is 0.571. The molecular weight excluding hydrogens is 292 g/mol. The number of carbonyl (C=O) groups is 2. The van der Waals surface area contributed by atoms with Crippen molar-refractivity contribution in [2.24, 2.45) is 0 Å². The van der Waals surface area contributed by atoms with E-state index in [1.54, 1.807) is 13.8 Å². The summed E-state index contributed by atoms with van der Waals surface area (Å²) in [5, 5.41) is 6.59. The third kappa shape index (κ3) is 3.09. The molecule has 0 bridgehead atoms. The molecule has 1 aliphatic heterocycles. The van der Waals surface area contributed by atoms with Gasteiger partial charge in [-0.1, -0.05) is 0 Å². The van der Waals surface area contributed by atoms with Gasteiger partial charge in [-0.15, -0.1) is 11.3 Å². The highest BCUT2D eigenvalue weighted by Crippen LogP contribution is 2.36. The number of ether oxygens (including phenoxy) is 2. The minimum absolute atomic E-state index is 0.290. The molecule has 0 radical (unpaired) electrons. The summed E-state index contributed by atoms with van der Waals surface area (Å²) in [4.78, 5) is 25.4. The molecule has 21 heavy (non-hydrogen) atoms. The van der Waals surface area contributed by atoms with E-state index in [4.69, 9.17) is 9.47 Å². The maximum atomic E-state index is 12.2. The van der Waals surface area contributed by atoms with Crippen molar-refractivity contribution in [2.45, 2.75) is 32.4 Å². The lowest BCUT2D eigenvalue weighted by molar-refractivity contribution is -0.133. The van der Waals surface area contributed by atoms with E-state index in [0.29, 0.717) is 17.1 Å². The Morgan fingerprint density at radius 1 is 1.33 bits per heavy atom. The van der Waals surface area contributed by atoms with E-state index in [0.717, 1.165) is 23.4 Å². The van der Waals surface area contributed by atoms with Crippen molar-refractivity contribution in [1.82, 2.24) is 5.32 Å². The molecule has 0 aromatic carbocycles. The molecule has 0 saturated heterocycles. The van der Waals surface area contributed by atoms with E-state index < -0.39 is 11.6 Å². The van der Waals surface area contributed by atoms with Gasteiger partial charge in [-0.3, -0.25) is 4.79 Å². The van der Waals surface area contributed by atoms with Gasteiger partial charge in [-0.05, 0) is 32.4 Å². The highest BCUT2D eigenvalue weighted by Gasteiger charge is 2.31. The van der Waals surface area contributed by atoms with E-state index in [9.17, 15) is 9.59 Å². The monoisotopic (exact) mass is 312 g/mol. The largest absolute Gasteiger partial charge is 0.465 e. The van der Waals surface area contributed by atoms with Crippen LogP contribution in [0.15, 0.2) is 0 Å². The van der Waals surface area contributed by atoms with Crippen LogP contribution in [0.3, 0.4) is 0 Å². The van der Waals surface area contributed by atoms with Crippen molar-refractivity contribution < 1.29 is 19.1 Å². The van der Waals surface area contributed by atoms with Crippen LogP contribution in [-0.4, -0.2) is 38.2 Å². The summed E-state index contributed by atoms with van der Waals surface area (Å²) in [5.74, 6) is -0.707. The van der Waals surface area contributed by atoms with Crippen LogP contribution in [0.2, 0.25) is 0 Å². The zero-order valence-corrected chi connectivity index (χ0v) is 13.5. The second kappa shape index (κ2) is 6.13. The van der Waals surface area contributed by atoms with Gasteiger partial charge in [0.25, 0.3) is 5.91 Å². The number of hydrogen-bond donors (Lipinski definition) is 2. The number of carbonyl (C=O) groups excluding carboxylic acids is 2. The van der Waals surface area contributed by atoms with E-state index in [-0.39, 0.29) is 5.91 Å². The average Bonchev–Trinajstić information content (AvgIpc) is 2.84. The number of nitrogens with one attached hydrogen (secondary N) is 2. The van der Waals surface area contributed by atoms with E-state index in [2.05, 4.69) is 10.6 Å². The van der Waals surface area contributed by atoms with Gasteiger partial charge in [-0.25, -0.2) is 4.79 Å². The van der Waals surface area contributed by atoms with Gasteiger partial charge >= 0.3 is 5.97 Å². The molecule has 2 heterocycles. The van der Waals surface area contributed by atoms with Crippen molar-refractivity contribution in [2.75, 3.05) is 26.1 Å². The second-order valence-electron chi connectivity index (χ2n) is 5.29. The van der Waals surface area contributed by atoms with Crippen molar-refractivity contribution >= 4 is 28.2 Å². The molecule has 7 heteroatoms. The highest BCUT2D eigenvalue weighted by molar-refractivity contribution is 7.17. The summed E-state index contributed by atoms with van der Waals surface area (Å²) in [7, 11) is 2.82. The number of fused-ring (bicyclic) bond motifs is 1. The van der Waals surface area contributed by atoms with Crippen LogP contribution in [0.5, 0.6) is 0 Å². The van der Waals surface area contributed by atoms with Crippen LogP contribution in [0, 0.1) is 0 Å². The quantitative estimate of drug-likeness (QED) is 0.825. The Labute approximate surface area is 127 Å². The number of amides is 1. The van der Waals surface area contributed by atoms with Crippen LogP contribution >= 0.6 is 11.3 Å². The highest BCUT2D eigenvalue weighted by atomic mass is 32.1. The lowest BCUT2D eigenvalue weighted by Gasteiger charge is -2.21. The Kier molecular flexibility index (Phi) is 4.65. The number of rotatable bonds is 4. The molecule has 1 aromatic rings. The number of esters is 1. The number of methoxy groups -OCH3 is 2. The van der Waals surface area contributed by atoms with E-state index >= 15 is 0 Å². The van der Waals surface area contributed by atoms with Gasteiger partial charge in [0.1, 0.15) is 10.6 Å². The third-order valence-electron chi connectivity index (χ3n) is 3.60. The standard InChI is InChI=1S/C14H20N2O4S/c1-14(2,20-4)13(18)16-11-10(12(17)19-3)8-5-6-15-7-9(8)21-11/h15H,5-7H2,1-4H3,(H,16,18). The molecular formula is C14H20N2O4S. The first-order valence-corrected chi connectivity index (χ1v) is 7.52. The molecule has 2 rings (SSSR count). The molecule has 0 unspecified atom stereocenters. The molecule has 0 saturated carbocycles. The zero-order chi connectivity index (χ0) is 15.6. The van der Waals surface area contributed by atoms with Gasteiger partial charge < -0.3 is 20.1 Å². The molecule has 116 valence electrons.